The second-order valence-corrected chi connectivity index (χ2v) is 3.77. The van der Waals surface area contributed by atoms with Crippen LogP contribution >= 0.6 is 0 Å². The van der Waals surface area contributed by atoms with E-state index in [0.29, 0.717) is 11.3 Å². The van der Waals surface area contributed by atoms with Gasteiger partial charge in [0.1, 0.15) is 5.69 Å². The largest absolute Gasteiger partial charge is 0.298 e. The van der Waals surface area contributed by atoms with Gasteiger partial charge >= 0.3 is 0 Å². The molecule has 0 aliphatic rings. The van der Waals surface area contributed by atoms with Crippen LogP contribution in [0, 0.1) is 13.8 Å². The summed E-state index contributed by atoms with van der Waals surface area (Å²) in [4.78, 5) is 11.0. The summed E-state index contributed by atoms with van der Waals surface area (Å²) in [5.41, 5.74) is 4.06. The molecule has 1 heterocycles. The molecule has 0 bridgehead atoms. The first-order valence-electron chi connectivity index (χ1n) is 5.07. The van der Waals surface area contributed by atoms with E-state index < -0.39 is 0 Å². The number of aryl methyl sites for hydroxylation is 2. The fourth-order valence-electron chi connectivity index (χ4n) is 1.53. The highest BCUT2D eigenvalue weighted by Crippen LogP contribution is 2.20. The smallest absolute Gasteiger partial charge is 0.152 e. The maximum Gasteiger partial charge on any atom is 0.152 e. The molecule has 80 valence electrons. The zero-order chi connectivity index (χ0) is 11.5. The minimum absolute atomic E-state index is 0.580. The Hall–Kier alpha value is -2.03. The van der Waals surface area contributed by atoms with Crippen LogP contribution in [-0.2, 0) is 0 Å². The molecule has 0 saturated heterocycles. The first kappa shape index (κ1) is 10.5. The summed E-state index contributed by atoms with van der Waals surface area (Å²) >= 11 is 0. The lowest BCUT2D eigenvalue weighted by Gasteiger charge is -2.04. The molecule has 2 aromatic rings. The number of benzene rings is 1. The second kappa shape index (κ2) is 4.23. The molecule has 0 saturated carbocycles. The van der Waals surface area contributed by atoms with Crippen LogP contribution in [-0.4, -0.2) is 16.5 Å². The predicted molar refractivity (Wildman–Crippen MR) is 62.3 cm³/mol. The van der Waals surface area contributed by atoms with Crippen molar-refractivity contribution in [3.05, 3.63) is 47.2 Å². The molecule has 0 amide bonds. The van der Waals surface area contributed by atoms with Gasteiger partial charge in [0.15, 0.2) is 6.29 Å². The zero-order valence-electron chi connectivity index (χ0n) is 9.27. The zero-order valence-corrected chi connectivity index (χ0v) is 9.27. The molecule has 2 rings (SSSR count). The number of hydrogen-bond donors (Lipinski definition) is 0. The third kappa shape index (κ3) is 1.98. The molecule has 0 unspecified atom stereocenters. The van der Waals surface area contributed by atoms with Gasteiger partial charge in [0.25, 0.3) is 0 Å². The highest BCUT2D eigenvalue weighted by Gasteiger charge is 2.07. The van der Waals surface area contributed by atoms with Crippen molar-refractivity contribution < 1.29 is 4.79 Å². The third-order valence-corrected chi connectivity index (χ3v) is 2.40. The fourth-order valence-corrected chi connectivity index (χ4v) is 1.53. The lowest BCUT2D eigenvalue weighted by atomic mass is 10.1. The van der Waals surface area contributed by atoms with Gasteiger partial charge in [-0.25, -0.2) is 0 Å². The van der Waals surface area contributed by atoms with Gasteiger partial charge in [0.05, 0.1) is 5.69 Å². The number of nitrogens with zero attached hydrogens (tertiary/aromatic N) is 2. The highest BCUT2D eigenvalue weighted by atomic mass is 16.1. The summed E-state index contributed by atoms with van der Waals surface area (Å²) in [7, 11) is 0. The van der Waals surface area contributed by atoms with Gasteiger partial charge in [-0.15, -0.1) is 5.10 Å². The number of aromatic nitrogens is 2. The monoisotopic (exact) mass is 212 g/mol. The Bertz CT molecular complexity index is 518. The van der Waals surface area contributed by atoms with Crippen LogP contribution in [0.15, 0.2) is 30.3 Å². The van der Waals surface area contributed by atoms with E-state index in [2.05, 4.69) is 10.2 Å². The minimum Gasteiger partial charge on any atom is -0.298 e. The SMILES string of the molecule is Cc1ccc(-c2nnc(C)cc2C=O)cc1. The van der Waals surface area contributed by atoms with E-state index in [0.717, 1.165) is 17.5 Å². The average molecular weight is 212 g/mol. The molecule has 0 aliphatic heterocycles. The van der Waals surface area contributed by atoms with Gasteiger partial charge in [-0.1, -0.05) is 29.8 Å². The van der Waals surface area contributed by atoms with E-state index in [1.54, 1.807) is 6.07 Å². The number of hydrogen-bond acceptors (Lipinski definition) is 3. The average Bonchev–Trinajstić information content (AvgIpc) is 2.30. The van der Waals surface area contributed by atoms with Crippen molar-refractivity contribution in [2.24, 2.45) is 0 Å². The lowest BCUT2D eigenvalue weighted by Crippen LogP contribution is -1.96. The summed E-state index contributed by atoms with van der Waals surface area (Å²) in [5, 5.41) is 8.05. The number of carbonyl (C=O) groups is 1. The van der Waals surface area contributed by atoms with Crippen molar-refractivity contribution >= 4 is 6.29 Å². The van der Waals surface area contributed by atoms with Gasteiger partial charge in [0.2, 0.25) is 0 Å². The van der Waals surface area contributed by atoms with Crippen LogP contribution in [0.3, 0.4) is 0 Å². The van der Waals surface area contributed by atoms with Gasteiger partial charge in [-0.05, 0) is 19.9 Å². The fraction of sp³-hybridized carbons (Fsp3) is 0.154. The van der Waals surface area contributed by atoms with Gasteiger partial charge in [-0.2, -0.15) is 5.10 Å². The number of aldehydes is 1. The van der Waals surface area contributed by atoms with Crippen LogP contribution in [0.2, 0.25) is 0 Å². The Kier molecular flexibility index (Phi) is 2.77. The van der Waals surface area contributed by atoms with Crippen molar-refractivity contribution in [1.82, 2.24) is 10.2 Å². The molecule has 0 fully saturated rings. The van der Waals surface area contributed by atoms with Crippen molar-refractivity contribution in [1.29, 1.82) is 0 Å². The highest BCUT2D eigenvalue weighted by molar-refractivity contribution is 5.85. The molecule has 3 heteroatoms. The molecular weight excluding hydrogens is 200 g/mol. The van der Waals surface area contributed by atoms with Crippen LogP contribution in [0.1, 0.15) is 21.6 Å². The Morgan fingerprint density at radius 1 is 1.06 bits per heavy atom. The summed E-state index contributed by atoms with van der Waals surface area (Å²) in [5.74, 6) is 0. The Morgan fingerprint density at radius 3 is 2.38 bits per heavy atom. The standard InChI is InChI=1S/C13H12N2O/c1-9-3-5-11(6-4-9)13-12(8-16)7-10(2)14-15-13/h3-8H,1-2H3. The van der Waals surface area contributed by atoms with Crippen LogP contribution < -0.4 is 0 Å². The van der Waals surface area contributed by atoms with Gasteiger partial charge < -0.3 is 0 Å². The molecule has 0 spiro atoms. The normalized spacial score (nSPS) is 10.1. The Morgan fingerprint density at radius 2 is 1.75 bits per heavy atom. The Labute approximate surface area is 94.2 Å². The van der Waals surface area contributed by atoms with Crippen molar-refractivity contribution in [2.75, 3.05) is 0 Å². The van der Waals surface area contributed by atoms with E-state index in [1.807, 2.05) is 38.1 Å². The third-order valence-electron chi connectivity index (χ3n) is 2.40. The first-order valence-corrected chi connectivity index (χ1v) is 5.07. The van der Waals surface area contributed by atoms with Crippen molar-refractivity contribution in [3.63, 3.8) is 0 Å². The molecule has 16 heavy (non-hydrogen) atoms. The Balaban J connectivity index is 2.55. The van der Waals surface area contributed by atoms with Crippen LogP contribution in [0.25, 0.3) is 11.3 Å². The first-order chi connectivity index (χ1) is 7.70. The minimum atomic E-state index is 0.580. The van der Waals surface area contributed by atoms with Crippen LogP contribution in [0.5, 0.6) is 0 Å². The summed E-state index contributed by atoms with van der Waals surface area (Å²) in [6.07, 6.45) is 0.816. The van der Waals surface area contributed by atoms with Gasteiger partial charge in [-0.3, -0.25) is 4.79 Å². The predicted octanol–water partition coefficient (Wildman–Crippen LogP) is 2.57. The molecular formula is C13H12N2O. The molecule has 0 atom stereocenters. The summed E-state index contributed by atoms with van der Waals surface area (Å²) in [6.45, 7) is 3.84. The topological polar surface area (TPSA) is 42.9 Å². The maximum absolute atomic E-state index is 11.0. The molecule has 0 aliphatic carbocycles. The van der Waals surface area contributed by atoms with E-state index in [4.69, 9.17) is 0 Å². The molecule has 1 aromatic heterocycles. The number of rotatable bonds is 2. The molecule has 1 aromatic carbocycles. The molecule has 0 N–H and O–H groups in total. The lowest BCUT2D eigenvalue weighted by molar-refractivity contribution is 0.112. The molecule has 0 radical (unpaired) electrons. The van der Waals surface area contributed by atoms with E-state index in [1.165, 1.54) is 5.56 Å². The van der Waals surface area contributed by atoms with Crippen molar-refractivity contribution in [2.45, 2.75) is 13.8 Å². The van der Waals surface area contributed by atoms with Gasteiger partial charge in [0, 0.05) is 11.1 Å². The van der Waals surface area contributed by atoms with E-state index in [-0.39, 0.29) is 0 Å². The summed E-state index contributed by atoms with van der Waals surface area (Å²) in [6, 6.07) is 9.62. The summed E-state index contributed by atoms with van der Waals surface area (Å²) < 4.78 is 0. The van der Waals surface area contributed by atoms with Crippen LogP contribution in [0.4, 0.5) is 0 Å². The maximum atomic E-state index is 11.0. The quantitative estimate of drug-likeness (QED) is 0.718. The van der Waals surface area contributed by atoms with E-state index in [9.17, 15) is 4.79 Å². The van der Waals surface area contributed by atoms with Crippen molar-refractivity contribution in [3.8, 4) is 11.3 Å². The number of carbonyl (C=O) groups excluding carboxylic acids is 1. The van der Waals surface area contributed by atoms with E-state index >= 15 is 0 Å². The molecule has 3 nitrogen and oxygen atoms in total. The second-order valence-electron chi connectivity index (χ2n) is 3.77.